The third kappa shape index (κ3) is 2.19. The van der Waals surface area contributed by atoms with Crippen molar-refractivity contribution in [3.05, 3.63) is 36.5 Å². The molecule has 0 bridgehead atoms. The van der Waals surface area contributed by atoms with E-state index < -0.39 is 0 Å². The van der Waals surface area contributed by atoms with Gasteiger partial charge in [0.15, 0.2) is 0 Å². The van der Waals surface area contributed by atoms with Crippen molar-refractivity contribution in [2.24, 2.45) is 11.8 Å². The van der Waals surface area contributed by atoms with Crippen LogP contribution in [0.1, 0.15) is 13.3 Å². The van der Waals surface area contributed by atoms with Crippen molar-refractivity contribution >= 4 is 6.29 Å². The Kier molecular flexibility index (Phi) is 3.52. The molecule has 0 N–H and O–H groups in total. The predicted molar refractivity (Wildman–Crippen MR) is 50.8 cm³/mol. The van der Waals surface area contributed by atoms with Crippen LogP contribution < -0.4 is 0 Å². The van der Waals surface area contributed by atoms with Crippen LogP contribution in [0.3, 0.4) is 0 Å². The van der Waals surface area contributed by atoms with Crippen LogP contribution in [0.15, 0.2) is 36.5 Å². The lowest BCUT2D eigenvalue weighted by molar-refractivity contribution is -0.111. The number of rotatable bonds is 3. The lowest BCUT2D eigenvalue weighted by Gasteiger charge is -2.12. The normalized spacial score (nSPS) is 19.1. The standard InChI is InChI=1S/C11H14O/c1-2-10(9-12)11-7-5-3-4-6-8-11/h3-11H,2H2,1H3/t10-/m1/s1. The molecule has 0 amide bonds. The van der Waals surface area contributed by atoms with Gasteiger partial charge in [0.25, 0.3) is 0 Å². The van der Waals surface area contributed by atoms with Gasteiger partial charge in [-0.05, 0) is 6.42 Å². The summed E-state index contributed by atoms with van der Waals surface area (Å²) >= 11 is 0. The maximum atomic E-state index is 10.7. The average molecular weight is 162 g/mol. The molecule has 1 aliphatic carbocycles. The molecule has 0 aromatic carbocycles. The molecular formula is C11H14O. The van der Waals surface area contributed by atoms with Gasteiger partial charge >= 0.3 is 0 Å². The molecule has 0 unspecified atom stereocenters. The van der Waals surface area contributed by atoms with Crippen LogP contribution in [0, 0.1) is 11.8 Å². The van der Waals surface area contributed by atoms with Crippen LogP contribution in [-0.4, -0.2) is 6.29 Å². The van der Waals surface area contributed by atoms with Crippen LogP contribution in [0.4, 0.5) is 0 Å². The molecule has 0 saturated heterocycles. The molecular weight excluding hydrogens is 148 g/mol. The van der Waals surface area contributed by atoms with Gasteiger partial charge in [-0.2, -0.15) is 0 Å². The summed E-state index contributed by atoms with van der Waals surface area (Å²) in [6.45, 7) is 2.04. The molecule has 1 aliphatic rings. The first kappa shape index (κ1) is 8.98. The van der Waals surface area contributed by atoms with Crippen molar-refractivity contribution in [1.29, 1.82) is 0 Å². The minimum Gasteiger partial charge on any atom is -0.303 e. The SMILES string of the molecule is CC[C@H](C=O)C1C=CC=CC=C1. The second-order valence-corrected chi connectivity index (χ2v) is 2.94. The van der Waals surface area contributed by atoms with Gasteiger partial charge in [-0.15, -0.1) is 0 Å². The van der Waals surface area contributed by atoms with Crippen molar-refractivity contribution in [1.82, 2.24) is 0 Å². The first-order valence-electron chi connectivity index (χ1n) is 4.35. The molecule has 0 aromatic rings. The van der Waals surface area contributed by atoms with Crippen LogP contribution in [0.25, 0.3) is 0 Å². The summed E-state index contributed by atoms with van der Waals surface area (Å²) in [5.74, 6) is 0.417. The summed E-state index contributed by atoms with van der Waals surface area (Å²) in [6.07, 6.45) is 14.0. The van der Waals surface area contributed by atoms with E-state index in [4.69, 9.17) is 0 Å². The van der Waals surface area contributed by atoms with Crippen molar-refractivity contribution in [3.8, 4) is 0 Å². The molecule has 1 atom stereocenters. The van der Waals surface area contributed by atoms with E-state index in [9.17, 15) is 4.79 Å². The molecule has 0 spiro atoms. The molecule has 0 heterocycles. The Morgan fingerprint density at radius 3 is 2.25 bits per heavy atom. The molecule has 1 nitrogen and oxygen atoms in total. The van der Waals surface area contributed by atoms with Crippen LogP contribution in [0.5, 0.6) is 0 Å². The third-order valence-electron chi connectivity index (χ3n) is 2.14. The van der Waals surface area contributed by atoms with Gasteiger partial charge in [-0.3, -0.25) is 0 Å². The minimum absolute atomic E-state index is 0.136. The highest BCUT2D eigenvalue weighted by Gasteiger charge is 2.13. The predicted octanol–water partition coefficient (Wildman–Crippen LogP) is 2.51. The molecule has 1 rings (SSSR count). The summed E-state index contributed by atoms with van der Waals surface area (Å²) in [6, 6.07) is 0. The van der Waals surface area contributed by atoms with Gasteiger partial charge in [0.05, 0.1) is 0 Å². The monoisotopic (exact) mass is 162 g/mol. The fraction of sp³-hybridized carbons (Fsp3) is 0.364. The van der Waals surface area contributed by atoms with Gasteiger partial charge in [0, 0.05) is 11.8 Å². The minimum atomic E-state index is 0.136. The van der Waals surface area contributed by atoms with E-state index in [0.29, 0.717) is 0 Å². The van der Waals surface area contributed by atoms with Crippen molar-refractivity contribution in [2.45, 2.75) is 13.3 Å². The van der Waals surface area contributed by atoms with Gasteiger partial charge in [0.2, 0.25) is 0 Å². The first-order chi connectivity index (χ1) is 5.88. The van der Waals surface area contributed by atoms with E-state index in [0.717, 1.165) is 12.7 Å². The molecule has 0 aliphatic heterocycles. The van der Waals surface area contributed by atoms with Gasteiger partial charge in [0.1, 0.15) is 6.29 Å². The number of aldehydes is 1. The third-order valence-corrected chi connectivity index (χ3v) is 2.14. The Bertz CT molecular complexity index is 207. The van der Waals surface area contributed by atoms with Crippen molar-refractivity contribution in [2.75, 3.05) is 0 Å². The number of hydrogen-bond acceptors (Lipinski definition) is 1. The summed E-state index contributed by atoms with van der Waals surface area (Å²) < 4.78 is 0. The second-order valence-electron chi connectivity index (χ2n) is 2.94. The van der Waals surface area contributed by atoms with E-state index in [2.05, 4.69) is 12.2 Å². The largest absolute Gasteiger partial charge is 0.303 e. The number of hydrogen-bond donors (Lipinski definition) is 0. The zero-order valence-corrected chi connectivity index (χ0v) is 7.31. The summed E-state index contributed by atoms with van der Waals surface area (Å²) in [7, 11) is 0. The summed E-state index contributed by atoms with van der Waals surface area (Å²) in [5, 5.41) is 0. The fourth-order valence-corrected chi connectivity index (χ4v) is 1.32. The Balaban J connectivity index is 2.67. The first-order valence-corrected chi connectivity index (χ1v) is 4.35. The van der Waals surface area contributed by atoms with Gasteiger partial charge < -0.3 is 4.79 Å². The number of carbonyl (C=O) groups excluding carboxylic acids is 1. The van der Waals surface area contributed by atoms with Crippen LogP contribution in [0.2, 0.25) is 0 Å². The molecule has 0 saturated carbocycles. The van der Waals surface area contributed by atoms with E-state index in [1.54, 1.807) is 0 Å². The molecule has 0 fully saturated rings. The van der Waals surface area contributed by atoms with E-state index in [-0.39, 0.29) is 11.8 Å². The van der Waals surface area contributed by atoms with Crippen LogP contribution in [-0.2, 0) is 4.79 Å². The Labute approximate surface area is 73.5 Å². The molecule has 12 heavy (non-hydrogen) atoms. The maximum Gasteiger partial charge on any atom is 0.123 e. The number of allylic oxidation sites excluding steroid dienone is 6. The van der Waals surface area contributed by atoms with E-state index in [1.807, 2.05) is 31.2 Å². The highest BCUT2D eigenvalue weighted by atomic mass is 16.1. The fourth-order valence-electron chi connectivity index (χ4n) is 1.32. The highest BCUT2D eigenvalue weighted by molar-refractivity contribution is 5.55. The van der Waals surface area contributed by atoms with Crippen molar-refractivity contribution < 1.29 is 4.79 Å². The molecule has 64 valence electrons. The van der Waals surface area contributed by atoms with Crippen LogP contribution >= 0.6 is 0 Å². The molecule has 0 aromatic heterocycles. The molecule has 1 heteroatoms. The zero-order valence-electron chi connectivity index (χ0n) is 7.31. The second kappa shape index (κ2) is 4.70. The summed E-state index contributed by atoms with van der Waals surface area (Å²) in [5.41, 5.74) is 0. The Morgan fingerprint density at radius 1 is 1.25 bits per heavy atom. The van der Waals surface area contributed by atoms with Gasteiger partial charge in [-0.25, -0.2) is 0 Å². The van der Waals surface area contributed by atoms with Gasteiger partial charge in [-0.1, -0.05) is 43.4 Å². The lowest BCUT2D eigenvalue weighted by atomic mass is 9.91. The quantitative estimate of drug-likeness (QED) is 0.583. The number of carbonyl (C=O) groups is 1. The summed E-state index contributed by atoms with van der Waals surface area (Å²) in [4.78, 5) is 10.7. The van der Waals surface area contributed by atoms with E-state index >= 15 is 0 Å². The Hall–Kier alpha value is -1.11. The maximum absolute atomic E-state index is 10.7. The highest BCUT2D eigenvalue weighted by Crippen LogP contribution is 2.18. The molecule has 0 radical (unpaired) electrons. The topological polar surface area (TPSA) is 17.1 Å². The van der Waals surface area contributed by atoms with Crippen molar-refractivity contribution in [3.63, 3.8) is 0 Å². The Morgan fingerprint density at radius 2 is 1.83 bits per heavy atom. The van der Waals surface area contributed by atoms with E-state index in [1.165, 1.54) is 0 Å². The smallest absolute Gasteiger partial charge is 0.123 e. The zero-order chi connectivity index (χ0) is 8.81. The lowest BCUT2D eigenvalue weighted by Crippen LogP contribution is -2.10. The average Bonchev–Trinajstić information content (AvgIpc) is 2.35.